The monoisotopic (exact) mass is 588 g/mol. The third kappa shape index (κ3) is 6.59. The van der Waals surface area contributed by atoms with Gasteiger partial charge >= 0.3 is 0 Å². The van der Waals surface area contributed by atoms with Gasteiger partial charge in [-0.3, -0.25) is 23.9 Å². The molecule has 0 aliphatic carbocycles. The van der Waals surface area contributed by atoms with Crippen LogP contribution in [0.3, 0.4) is 0 Å². The number of para-hydroxylation sites is 1. The molecule has 10 heteroatoms. The molecule has 1 aliphatic heterocycles. The summed E-state index contributed by atoms with van der Waals surface area (Å²) in [6.45, 7) is 3.96. The summed E-state index contributed by atoms with van der Waals surface area (Å²) in [6.07, 6.45) is 6.29. The second-order valence-electron chi connectivity index (χ2n) is 10.1. The fourth-order valence-electron chi connectivity index (χ4n) is 5.01. The normalized spacial score (nSPS) is 12.8. The van der Waals surface area contributed by atoms with Crippen molar-refractivity contribution in [2.75, 3.05) is 25.5 Å². The summed E-state index contributed by atoms with van der Waals surface area (Å²) in [5.41, 5.74) is 8.18. The number of rotatable bonds is 6. The van der Waals surface area contributed by atoms with Crippen molar-refractivity contribution < 1.29 is 14.3 Å². The molecule has 6 rings (SSSR count). The molecule has 4 N–H and O–H groups in total. The molecule has 10 nitrogen and oxygen atoms in total. The summed E-state index contributed by atoms with van der Waals surface area (Å²) < 4.78 is 6.52. The molecule has 0 spiro atoms. The summed E-state index contributed by atoms with van der Waals surface area (Å²) in [7, 11) is 0. The molecule has 3 aromatic heterocycles. The van der Waals surface area contributed by atoms with E-state index in [2.05, 4.69) is 32.4 Å². The minimum absolute atomic E-state index is 0.0668. The van der Waals surface area contributed by atoms with Crippen molar-refractivity contribution in [1.29, 1.82) is 0 Å². The van der Waals surface area contributed by atoms with E-state index in [0.717, 1.165) is 13.2 Å². The standard InChI is InChI=1S/C30H24N6O3.C4H8O/c1-19(35-29(38)26-27-22(11-7-15-33-27)17-34-28(26)31)24-16-21-9-5-8-20(10-6-14-32-18-37)25(21)30(39)36(24)23-12-3-2-4-13-23;1-2-4-5-3-1/h2-5,7-9,11-13,15-19H,14H2,1H3,(H2,31,34)(H,32,37)(H,35,38);1-4H2. The molecule has 4 heterocycles. The molecule has 0 radical (unpaired) electrons. The van der Waals surface area contributed by atoms with Crippen molar-refractivity contribution in [3.8, 4) is 17.5 Å². The number of anilines is 1. The van der Waals surface area contributed by atoms with Crippen LogP contribution in [0.25, 0.3) is 27.4 Å². The van der Waals surface area contributed by atoms with Crippen LogP contribution in [0.1, 0.15) is 47.4 Å². The van der Waals surface area contributed by atoms with Crippen LogP contribution in [0.5, 0.6) is 0 Å². The van der Waals surface area contributed by atoms with Crippen molar-refractivity contribution in [3.63, 3.8) is 0 Å². The molecule has 0 bridgehead atoms. The average molecular weight is 589 g/mol. The zero-order valence-electron chi connectivity index (χ0n) is 24.2. The maximum atomic E-state index is 14.0. The molecular formula is C34H32N6O4. The van der Waals surface area contributed by atoms with Crippen molar-refractivity contribution >= 4 is 39.8 Å². The van der Waals surface area contributed by atoms with E-state index in [1.165, 1.54) is 12.8 Å². The Kier molecular flexibility index (Phi) is 9.59. The molecule has 222 valence electrons. The second-order valence-corrected chi connectivity index (χ2v) is 10.1. The lowest BCUT2D eigenvalue weighted by molar-refractivity contribution is -0.109. The maximum Gasteiger partial charge on any atom is 0.264 e. The molecule has 1 saturated heterocycles. The predicted molar refractivity (Wildman–Crippen MR) is 170 cm³/mol. The first-order chi connectivity index (χ1) is 21.5. The van der Waals surface area contributed by atoms with Gasteiger partial charge in [-0.05, 0) is 61.5 Å². The number of nitrogen functional groups attached to an aromatic ring is 1. The van der Waals surface area contributed by atoms with Crippen LogP contribution in [0.2, 0.25) is 0 Å². The minimum atomic E-state index is -0.597. The van der Waals surface area contributed by atoms with Gasteiger partial charge < -0.3 is 21.1 Å². The van der Waals surface area contributed by atoms with Crippen LogP contribution in [-0.4, -0.2) is 46.6 Å². The van der Waals surface area contributed by atoms with Crippen molar-refractivity contribution in [2.45, 2.75) is 25.8 Å². The number of ether oxygens (including phenoxy) is 1. The summed E-state index contributed by atoms with van der Waals surface area (Å²) >= 11 is 0. The van der Waals surface area contributed by atoms with E-state index in [0.29, 0.717) is 45.0 Å². The Balaban J connectivity index is 0.000000698. The Bertz CT molecular complexity index is 1920. The van der Waals surface area contributed by atoms with Gasteiger partial charge in [0, 0.05) is 47.9 Å². The average Bonchev–Trinajstić information content (AvgIpc) is 3.64. The zero-order valence-corrected chi connectivity index (χ0v) is 24.2. The third-order valence-electron chi connectivity index (χ3n) is 7.11. The molecule has 1 unspecified atom stereocenters. The molecule has 2 aromatic carbocycles. The van der Waals surface area contributed by atoms with Gasteiger partial charge in [0.05, 0.1) is 23.5 Å². The van der Waals surface area contributed by atoms with E-state index in [4.69, 9.17) is 10.5 Å². The fourth-order valence-corrected chi connectivity index (χ4v) is 5.01. The lowest BCUT2D eigenvalue weighted by Gasteiger charge is -2.21. The number of carbonyl (C=O) groups is 2. The highest BCUT2D eigenvalue weighted by atomic mass is 16.5. The van der Waals surface area contributed by atoms with Gasteiger partial charge in [-0.25, -0.2) is 4.98 Å². The lowest BCUT2D eigenvalue weighted by atomic mass is 10.0. The van der Waals surface area contributed by atoms with Crippen LogP contribution < -0.4 is 21.9 Å². The van der Waals surface area contributed by atoms with Gasteiger partial charge in [-0.2, -0.15) is 0 Å². The van der Waals surface area contributed by atoms with E-state index < -0.39 is 11.9 Å². The quantitative estimate of drug-likeness (QED) is 0.155. The van der Waals surface area contributed by atoms with Gasteiger partial charge in [-0.1, -0.05) is 42.2 Å². The van der Waals surface area contributed by atoms with Gasteiger partial charge in [0.1, 0.15) is 11.4 Å². The summed E-state index contributed by atoms with van der Waals surface area (Å²) in [5.74, 6) is 5.46. The zero-order chi connectivity index (χ0) is 30.9. The summed E-state index contributed by atoms with van der Waals surface area (Å²) in [4.78, 5) is 46.6. The lowest BCUT2D eigenvalue weighted by Crippen LogP contribution is -2.33. The number of hydrogen-bond acceptors (Lipinski definition) is 7. The highest BCUT2D eigenvalue weighted by Crippen LogP contribution is 2.25. The Labute approximate surface area is 254 Å². The number of benzene rings is 2. The summed E-state index contributed by atoms with van der Waals surface area (Å²) in [5, 5.41) is 7.28. The van der Waals surface area contributed by atoms with Gasteiger partial charge in [0.2, 0.25) is 6.41 Å². The first-order valence-electron chi connectivity index (χ1n) is 14.3. The number of nitrogens with two attached hydrogens (primary N) is 1. The first-order valence-corrected chi connectivity index (χ1v) is 14.3. The topological polar surface area (TPSA) is 141 Å². The molecule has 5 aromatic rings. The third-order valence-corrected chi connectivity index (χ3v) is 7.11. The smallest absolute Gasteiger partial charge is 0.264 e. The van der Waals surface area contributed by atoms with E-state index in [9.17, 15) is 14.4 Å². The SMILES string of the molecule is C1CCOC1.CC(NC(=O)c1c(N)ncc2cccnc12)c1cc2cccc(C#CCNC=O)c2c(=O)n1-c1ccccc1. The van der Waals surface area contributed by atoms with Gasteiger partial charge in [0.15, 0.2) is 0 Å². The molecule has 1 atom stereocenters. The molecule has 2 amide bonds. The van der Waals surface area contributed by atoms with E-state index in [-0.39, 0.29) is 23.5 Å². The Hall–Kier alpha value is -5.53. The second kappa shape index (κ2) is 14.1. The van der Waals surface area contributed by atoms with E-state index in [1.54, 1.807) is 42.1 Å². The van der Waals surface area contributed by atoms with Crippen molar-refractivity contribution in [2.24, 2.45) is 0 Å². The highest BCUT2D eigenvalue weighted by Gasteiger charge is 2.22. The number of fused-ring (bicyclic) bond motifs is 2. The van der Waals surface area contributed by atoms with Crippen LogP contribution in [0.4, 0.5) is 5.82 Å². The van der Waals surface area contributed by atoms with Crippen molar-refractivity contribution in [3.05, 3.63) is 106 Å². The number of hydrogen-bond donors (Lipinski definition) is 3. The molecule has 0 saturated carbocycles. The highest BCUT2D eigenvalue weighted by molar-refractivity contribution is 6.09. The van der Waals surface area contributed by atoms with Crippen LogP contribution in [0, 0.1) is 11.8 Å². The first kappa shape index (κ1) is 29.9. The number of carbonyl (C=O) groups excluding carboxylic acids is 2. The van der Waals surface area contributed by atoms with Gasteiger partial charge in [-0.15, -0.1) is 0 Å². The minimum Gasteiger partial charge on any atom is -0.383 e. The number of amides is 2. The molecule has 1 fully saturated rings. The fraction of sp³-hybridized carbons (Fsp3) is 0.206. The number of nitrogens with zero attached hydrogens (tertiary/aromatic N) is 3. The van der Waals surface area contributed by atoms with Crippen molar-refractivity contribution in [1.82, 2.24) is 25.2 Å². The van der Waals surface area contributed by atoms with Crippen LogP contribution in [0.15, 0.2) is 83.9 Å². The number of aromatic nitrogens is 3. The maximum absolute atomic E-state index is 14.0. The predicted octanol–water partition coefficient (Wildman–Crippen LogP) is 3.90. The van der Waals surface area contributed by atoms with Crippen LogP contribution >= 0.6 is 0 Å². The van der Waals surface area contributed by atoms with Gasteiger partial charge in [0.25, 0.3) is 11.5 Å². The van der Waals surface area contributed by atoms with E-state index in [1.807, 2.05) is 48.5 Å². The summed E-state index contributed by atoms with van der Waals surface area (Å²) in [6, 6.07) is 19.4. The Morgan fingerprint density at radius 2 is 1.84 bits per heavy atom. The number of nitrogens with one attached hydrogen (secondary N) is 2. The Morgan fingerprint density at radius 3 is 2.57 bits per heavy atom. The Morgan fingerprint density at radius 1 is 1.07 bits per heavy atom. The van der Waals surface area contributed by atoms with Crippen LogP contribution in [-0.2, 0) is 9.53 Å². The largest absolute Gasteiger partial charge is 0.383 e. The van der Waals surface area contributed by atoms with E-state index >= 15 is 0 Å². The molecule has 44 heavy (non-hydrogen) atoms. The molecule has 1 aliphatic rings. The molecular weight excluding hydrogens is 556 g/mol. The number of pyridine rings is 3.